The van der Waals surface area contributed by atoms with E-state index in [2.05, 4.69) is 58.7 Å². The molecule has 0 aliphatic carbocycles. The van der Waals surface area contributed by atoms with E-state index in [4.69, 9.17) is 0 Å². The minimum absolute atomic E-state index is 0.169. The summed E-state index contributed by atoms with van der Waals surface area (Å²) >= 11 is 0. The third kappa shape index (κ3) is 4.48. The van der Waals surface area contributed by atoms with Crippen LogP contribution in [0.3, 0.4) is 0 Å². The SMILES string of the molecule is CCC(C)C(C(=O)NNC(C)=O)N1C(=O)c2ccccc2C1c1c(-c2ccc(C)cc2)n(C)c2ccccc12. The second kappa shape index (κ2) is 10.4. The Morgan fingerprint density at radius 2 is 1.62 bits per heavy atom. The number of carbonyl (C=O) groups is 3. The molecular formula is C32H34N4O3. The first kappa shape index (κ1) is 26.2. The lowest BCUT2D eigenvalue weighted by atomic mass is 9.90. The third-order valence-electron chi connectivity index (χ3n) is 7.86. The van der Waals surface area contributed by atoms with Crippen LogP contribution in [0.25, 0.3) is 22.2 Å². The van der Waals surface area contributed by atoms with Crippen molar-refractivity contribution in [2.45, 2.75) is 46.2 Å². The molecule has 0 bridgehead atoms. The number of hydrogen-bond acceptors (Lipinski definition) is 3. The van der Waals surface area contributed by atoms with E-state index in [9.17, 15) is 14.4 Å². The molecule has 1 aromatic heterocycles. The van der Waals surface area contributed by atoms with Crippen molar-refractivity contribution in [2.75, 3.05) is 0 Å². The molecule has 0 saturated carbocycles. The van der Waals surface area contributed by atoms with E-state index in [0.29, 0.717) is 12.0 Å². The van der Waals surface area contributed by atoms with E-state index < -0.39 is 18.0 Å². The van der Waals surface area contributed by atoms with Crippen LogP contribution < -0.4 is 10.9 Å². The molecule has 1 aliphatic rings. The fraction of sp³-hybridized carbons (Fsp3) is 0.281. The fourth-order valence-corrected chi connectivity index (χ4v) is 5.78. The molecule has 3 unspecified atom stereocenters. The van der Waals surface area contributed by atoms with Crippen LogP contribution in [0.1, 0.15) is 60.3 Å². The number of fused-ring (bicyclic) bond motifs is 2. The number of amides is 3. The molecule has 39 heavy (non-hydrogen) atoms. The molecule has 1 aliphatic heterocycles. The predicted molar refractivity (Wildman–Crippen MR) is 153 cm³/mol. The minimum atomic E-state index is -0.809. The van der Waals surface area contributed by atoms with Crippen LogP contribution in [0.4, 0.5) is 0 Å². The molecule has 0 fully saturated rings. The van der Waals surface area contributed by atoms with Crippen LogP contribution in [-0.2, 0) is 16.6 Å². The van der Waals surface area contributed by atoms with Crippen molar-refractivity contribution in [3.63, 3.8) is 0 Å². The zero-order chi connectivity index (χ0) is 27.8. The number of aromatic nitrogens is 1. The van der Waals surface area contributed by atoms with Gasteiger partial charge in [-0.3, -0.25) is 25.2 Å². The van der Waals surface area contributed by atoms with E-state index in [1.165, 1.54) is 6.92 Å². The Morgan fingerprint density at radius 1 is 0.949 bits per heavy atom. The summed E-state index contributed by atoms with van der Waals surface area (Å²) in [6, 6.07) is 22.9. The first-order valence-corrected chi connectivity index (χ1v) is 13.4. The van der Waals surface area contributed by atoms with E-state index in [-0.39, 0.29) is 17.7 Å². The normalized spacial score (nSPS) is 16.2. The molecule has 3 amide bonds. The van der Waals surface area contributed by atoms with Crippen LogP contribution in [0.5, 0.6) is 0 Å². The lowest BCUT2D eigenvalue weighted by Crippen LogP contribution is -2.55. The van der Waals surface area contributed by atoms with Gasteiger partial charge >= 0.3 is 0 Å². The Balaban J connectivity index is 1.80. The lowest BCUT2D eigenvalue weighted by Gasteiger charge is -2.36. The average Bonchev–Trinajstić information content (AvgIpc) is 3.39. The summed E-state index contributed by atoms with van der Waals surface area (Å²) in [5.41, 5.74) is 11.6. The Kier molecular flexibility index (Phi) is 7.00. The van der Waals surface area contributed by atoms with Crippen LogP contribution >= 0.6 is 0 Å². The molecular weight excluding hydrogens is 488 g/mol. The van der Waals surface area contributed by atoms with Gasteiger partial charge in [-0.15, -0.1) is 0 Å². The number of nitrogens with one attached hydrogen (secondary N) is 2. The predicted octanol–water partition coefficient (Wildman–Crippen LogP) is 5.28. The zero-order valence-electron chi connectivity index (χ0n) is 23.0. The molecule has 4 aromatic rings. The van der Waals surface area contributed by atoms with Gasteiger partial charge in [-0.05, 0) is 36.1 Å². The van der Waals surface area contributed by atoms with Gasteiger partial charge in [0.25, 0.3) is 11.8 Å². The summed E-state index contributed by atoms with van der Waals surface area (Å²) < 4.78 is 2.18. The summed E-state index contributed by atoms with van der Waals surface area (Å²) in [4.78, 5) is 41.2. The Morgan fingerprint density at radius 3 is 2.31 bits per heavy atom. The Bertz CT molecular complexity index is 1570. The first-order valence-electron chi connectivity index (χ1n) is 13.4. The minimum Gasteiger partial charge on any atom is -0.343 e. The fourth-order valence-electron chi connectivity index (χ4n) is 5.78. The monoisotopic (exact) mass is 522 g/mol. The van der Waals surface area contributed by atoms with Crippen molar-refractivity contribution >= 4 is 28.6 Å². The van der Waals surface area contributed by atoms with E-state index in [0.717, 1.165) is 38.9 Å². The number of nitrogens with zero attached hydrogens (tertiary/aromatic N) is 2. The summed E-state index contributed by atoms with van der Waals surface area (Å²) in [6.45, 7) is 7.36. The third-order valence-corrected chi connectivity index (χ3v) is 7.86. The highest BCUT2D eigenvalue weighted by molar-refractivity contribution is 6.04. The molecule has 3 aromatic carbocycles. The number of rotatable bonds is 6. The molecule has 0 radical (unpaired) electrons. The summed E-state index contributed by atoms with van der Waals surface area (Å²) in [6.07, 6.45) is 0.672. The highest BCUT2D eigenvalue weighted by Gasteiger charge is 2.47. The van der Waals surface area contributed by atoms with Crippen LogP contribution in [0.2, 0.25) is 0 Å². The van der Waals surface area contributed by atoms with Crippen molar-refractivity contribution in [3.05, 3.63) is 95.1 Å². The van der Waals surface area contributed by atoms with Gasteiger partial charge in [-0.2, -0.15) is 0 Å². The lowest BCUT2D eigenvalue weighted by molar-refractivity contribution is -0.132. The average molecular weight is 523 g/mol. The number of hydrogen-bond donors (Lipinski definition) is 2. The topological polar surface area (TPSA) is 83.4 Å². The number of carbonyl (C=O) groups excluding carboxylic acids is 3. The molecule has 0 spiro atoms. The quantitative estimate of drug-likeness (QED) is 0.338. The van der Waals surface area contributed by atoms with Gasteiger partial charge in [0.2, 0.25) is 5.91 Å². The van der Waals surface area contributed by atoms with Gasteiger partial charge in [0.1, 0.15) is 6.04 Å². The molecule has 5 rings (SSSR count). The number of benzene rings is 3. The molecule has 200 valence electrons. The van der Waals surface area contributed by atoms with Gasteiger partial charge in [-0.1, -0.05) is 86.5 Å². The first-order chi connectivity index (χ1) is 18.7. The standard InChI is InChI=1S/C32H34N4O3/c1-6-20(3)28(31(38)34-33-21(4)37)36-30(23-11-7-8-12-24(23)32(36)39)27-25-13-9-10-14-26(25)35(5)29(27)22-17-15-19(2)16-18-22/h7-18,20,28,30H,6H2,1-5H3,(H,33,37)(H,34,38). The highest BCUT2D eigenvalue weighted by Crippen LogP contribution is 2.48. The maximum Gasteiger partial charge on any atom is 0.261 e. The highest BCUT2D eigenvalue weighted by atomic mass is 16.2. The van der Waals surface area contributed by atoms with E-state index >= 15 is 0 Å². The molecule has 0 saturated heterocycles. The summed E-state index contributed by atoms with van der Waals surface area (Å²) in [5.74, 6) is -1.16. The molecule has 7 nitrogen and oxygen atoms in total. The zero-order valence-corrected chi connectivity index (χ0v) is 23.0. The Hall–Kier alpha value is -4.39. The second-order valence-corrected chi connectivity index (χ2v) is 10.4. The van der Waals surface area contributed by atoms with Gasteiger partial charge in [0.15, 0.2) is 0 Å². The van der Waals surface area contributed by atoms with Crippen LogP contribution in [0.15, 0.2) is 72.8 Å². The van der Waals surface area contributed by atoms with Crippen LogP contribution in [-0.4, -0.2) is 33.2 Å². The maximum absolute atomic E-state index is 14.2. The molecule has 7 heteroatoms. The van der Waals surface area contributed by atoms with Gasteiger partial charge in [0.05, 0.1) is 11.7 Å². The number of hydrazine groups is 1. The summed E-state index contributed by atoms with van der Waals surface area (Å²) in [7, 11) is 2.05. The van der Waals surface area contributed by atoms with Crippen molar-refractivity contribution in [1.82, 2.24) is 20.3 Å². The summed E-state index contributed by atoms with van der Waals surface area (Å²) in [5, 5.41) is 1.03. The molecule has 2 heterocycles. The second-order valence-electron chi connectivity index (χ2n) is 10.4. The van der Waals surface area contributed by atoms with E-state index in [1.807, 2.05) is 57.3 Å². The maximum atomic E-state index is 14.2. The van der Waals surface area contributed by atoms with Gasteiger partial charge < -0.3 is 9.47 Å². The molecule has 2 N–H and O–H groups in total. The number of para-hydroxylation sites is 1. The van der Waals surface area contributed by atoms with Crippen molar-refractivity contribution < 1.29 is 14.4 Å². The molecule has 3 atom stereocenters. The van der Waals surface area contributed by atoms with Crippen LogP contribution in [0, 0.1) is 12.8 Å². The van der Waals surface area contributed by atoms with Crippen molar-refractivity contribution in [3.8, 4) is 11.3 Å². The van der Waals surface area contributed by atoms with Gasteiger partial charge in [-0.25, -0.2) is 0 Å². The van der Waals surface area contributed by atoms with Gasteiger partial charge in [0, 0.05) is 36.0 Å². The smallest absolute Gasteiger partial charge is 0.261 e. The number of aryl methyl sites for hydroxylation is 2. The van der Waals surface area contributed by atoms with E-state index in [1.54, 1.807) is 4.90 Å². The largest absolute Gasteiger partial charge is 0.343 e. The Labute approximate surface area is 228 Å². The van der Waals surface area contributed by atoms with Crippen molar-refractivity contribution in [1.29, 1.82) is 0 Å². The van der Waals surface area contributed by atoms with Crippen molar-refractivity contribution in [2.24, 2.45) is 13.0 Å².